The van der Waals surface area contributed by atoms with Crippen molar-refractivity contribution in [1.82, 2.24) is 20.2 Å². The van der Waals surface area contributed by atoms with E-state index in [4.69, 9.17) is 16.3 Å². The van der Waals surface area contributed by atoms with Crippen LogP contribution in [0.4, 0.5) is 4.79 Å². The van der Waals surface area contributed by atoms with Crippen LogP contribution in [-0.4, -0.2) is 45.7 Å². The van der Waals surface area contributed by atoms with Crippen LogP contribution >= 0.6 is 11.6 Å². The first-order chi connectivity index (χ1) is 10.3. The maximum Gasteiger partial charge on any atom is 0.407 e. The molecule has 122 valence electrons. The third-order valence-electron chi connectivity index (χ3n) is 3.43. The predicted molar refractivity (Wildman–Crippen MR) is 84.7 cm³/mol. The molecule has 1 amide bonds. The highest BCUT2D eigenvalue weighted by molar-refractivity contribution is 6.28. The molecule has 6 nitrogen and oxygen atoms in total. The van der Waals surface area contributed by atoms with Crippen molar-refractivity contribution >= 4 is 17.7 Å². The van der Waals surface area contributed by atoms with Crippen molar-refractivity contribution in [3.05, 3.63) is 23.2 Å². The fourth-order valence-corrected chi connectivity index (χ4v) is 2.68. The fourth-order valence-electron chi connectivity index (χ4n) is 2.52. The molecule has 2 heterocycles. The molecule has 0 radical (unpaired) electrons. The quantitative estimate of drug-likeness (QED) is 0.861. The van der Waals surface area contributed by atoms with Gasteiger partial charge in [0.15, 0.2) is 0 Å². The number of rotatable bonds is 4. The largest absolute Gasteiger partial charge is 0.444 e. The first kappa shape index (κ1) is 17.0. The Hall–Kier alpha value is -1.40. The number of alkyl carbamates (subject to hydrolysis) is 1. The van der Waals surface area contributed by atoms with E-state index in [9.17, 15) is 4.79 Å². The van der Waals surface area contributed by atoms with Crippen molar-refractivity contribution < 1.29 is 9.53 Å². The molecule has 7 heteroatoms. The summed E-state index contributed by atoms with van der Waals surface area (Å²) in [6.07, 6.45) is 3.45. The van der Waals surface area contributed by atoms with Crippen LogP contribution in [0.25, 0.3) is 0 Å². The topological polar surface area (TPSA) is 67.3 Å². The van der Waals surface area contributed by atoms with Gasteiger partial charge in [-0.25, -0.2) is 14.8 Å². The second-order valence-corrected chi connectivity index (χ2v) is 6.80. The molecule has 0 aromatic carbocycles. The number of carbonyl (C=O) groups is 1. The van der Waals surface area contributed by atoms with E-state index in [0.717, 1.165) is 25.1 Å². The van der Waals surface area contributed by atoms with Gasteiger partial charge in [-0.1, -0.05) is 0 Å². The molecule has 1 N–H and O–H groups in total. The summed E-state index contributed by atoms with van der Waals surface area (Å²) in [4.78, 5) is 22.1. The van der Waals surface area contributed by atoms with Gasteiger partial charge >= 0.3 is 6.09 Å². The first-order valence-corrected chi connectivity index (χ1v) is 7.89. The van der Waals surface area contributed by atoms with Gasteiger partial charge in [0.2, 0.25) is 5.28 Å². The Balaban J connectivity index is 1.84. The van der Waals surface area contributed by atoms with E-state index in [1.165, 1.54) is 0 Å². The molecule has 1 atom stereocenters. The number of hydrogen-bond acceptors (Lipinski definition) is 5. The Morgan fingerprint density at radius 2 is 2.32 bits per heavy atom. The monoisotopic (exact) mass is 326 g/mol. The molecule has 1 aromatic heterocycles. The van der Waals surface area contributed by atoms with E-state index in [0.29, 0.717) is 19.1 Å². The van der Waals surface area contributed by atoms with Crippen LogP contribution in [0, 0.1) is 0 Å². The second-order valence-electron chi connectivity index (χ2n) is 6.47. The number of amides is 1. The average Bonchev–Trinajstić information content (AvgIpc) is 2.82. The lowest BCUT2D eigenvalue weighted by atomic mass is 10.2. The second kappa shape index (κ2) is 7.24. The molecule has 1 aliphatic heterocycles. The number of likely N-dealkylation sites (tertiary alicyclic amines) is 1. The molecule has 2 rings (SSSR count). The molecule has 0 bridgehead atoms. The van der Waals surface area contributed by atoms with Gasteiger partial charge in [0.1, 0.15) is 5.60 Å². The zero-order valence-corrected chi connectivity index (χ0v) is 14.1. The third-order valence-corrected chi connectivity index (χ3v) is 3.61. The summed E-state index contributed by atoms with van der Waals surface area (Å²) in [7, 11) is 0. The lowest BCUT2D eigenvalue weighted by molar-refractivity contribution is 0.0512. The summed E-state index contributed by atoms with van der Waals surface area (Å²) < 4.78 is 5.26. The van der Waals surface area contributed by atoms with Crippen LogP contribution in [-0.2, 0) is 11.3 Å². The molecular formula is C15H23ClN4O2. The number of nitrogens with zero attached hydrogens (tertiary/aromatic N) is 3. The summed E-state index contributed by atoms with van der Waals surface area (Å²) in [5.41, 5.74) is 0.418. The highest BCUT2D eigenvalue weighted by atomic mass is 35.5. The van der Waals surface area contributed by atoms with E-state index in [-0.39, 0.29) is 11.4 Å². The molecular weight excluding hydrogens is 304 g/mol. The highest BCUT2D eigenvalue weighted by Crippen LogP contribution is 2.19. The predicted octanol–water partition coefficient (Wildman–Crippen LogP) is 2.62. The van der Waals surface area contributed by atoms with Gasteiger partial charge in [-0.15, -0.1) is 0 Å². The van der Waals surface area contributed by atoms with Crippen molar-refractivity contribution in [2.75, 3.05) is 13.1 Å². The minimum absolute atomic E-state index is 0.264. The summed E-state index contributed by atoms with van der Waals surface area (Å²) in [5.74, 6) is 0. The normalized spacial score (nSPS) is 19.2. The SMILES string of the molecule is CC(C)(C)OC(=O)NC[C@H]1CCCN1Cc1ccnc(Cl)n1. The fraction of sp³-hybridized carbons (Fsp3) is 0.667. The van der Waals surface area contributed by atoms with Gasteiger partial charge in [0.25, 0.3) is 0 Å². The zero-order valence-electron chi connectivity index (χ0n) is 13.3. The molecule has 1 aromatic rings. The highest BCUT2D eigenvalue weighted by Gasteiger charge is 2.26. The van der Waals surface area contributed by atoms with Gasteiger partial charge in [-0.3, -0.25) is 4.90 Å². The minimum Gasteiger partial charge on any atom is -0.444 e. The zero-order chi connectivity index (χ0) is 16.2. The summed E-state index contributed by atoms with van der Waals surface area (Å²) in [6.45, 7) is 7.84. The van der Waals surface area contributed by atoms with Crippen LogP contribution in [0.15, 0.2) is 12.3 Å². The van der Waals surface area contributed by atoms with Crippen LogP contribution in [0.5, 0.6) is 0 Å². The standard InChI is InChI=1S/C15H23ClN4O2/c1-15(2,3)22-14(21)18-9-12-5-4-8-20(12)10-11-6-7-17-13(16)19-11/h6-7,12H,4-5,8-10H2,1-3H3,(H,18,21)/t12-/m1/s1. The number of aromatic nitrogens is 2. The Kier molecular flexibility index (Phi) is 5.58. The van der Waals surface area contributed by atoms with Crippen molar-refractivity contribution in [2.24, 2.45) is 0 Å². The molecule has 1 aliphatic rings. The molecule has 1 saturated heterocycles. The van der Waals surface area contributed by atoms with E-state index >= 15 is 0 Å². The van der Waals surface area contributed by atoms with E-state index in [1.54, 1.807) is 6.20 Å². The van der Waals surface area contributed by atoms with Gasteiger partial charge < -0.3 is 10.1 Å². The van der Waals surface area contributed by atoms with Crippen LogP contribution in [0.1, 0.15) is 39.3 Å². The van der Waals surface area contributed by atoms with Crippen LogP contribution in [0.2, 0.25) is 5.28 Å². The molecule has 0 spiro atoms. The number of halogens is 1. The maximum absolute atomic E-state index is 11.7. The van der Waals surface area contributed by atoms with E-state index < -0.39 is 5.60 Å². The van der Waals surface area contributed by atoms with E-state index in [1.807, 2.05) is 26.8 Å². The molecule has 0 unspecified atom stereocenters. The minimum atomic E-state index is -0.475. The van der Waals surface area contributed by atoms with Gasteiger partial charge in [-0.05, 0) is 57.8 Å². The number of nitrogens with one attached hydrogen (secondary N) is 1. The van der Waals surface area contributed by atoms with Gasteiger partial charge in [-0.2, -0.15) is 0 Å². The molecule has 0 aliphatic carbocycles. The number of hydrogen-bond donors (Lipinski definition) is 1. The number of carbonyl (C=O) groups excluding carboxylic acids is 1. The average molecular weight is 327 g/mol. The summed E-state index contributed by atoms with van der Waals surface area (Å²) >= 11 is 5.82. The molecule has 1 fully saturated rings. The van der Waals surface area contributed by atoms with Crippen LogP contribution < -0.4 is 5.32 Å². The maximum atomic E-state index is 11.7. The lowest BCUT2D eigenvalue weighted by Gasteiger charge is -2.25. The Labute approximate surface area is 136 Å². The van der Waals surface area contributed by atoms with E-state index in [2.05, 4.69) is 20.2 Å². The Bertz CT molecular complexity index is 519. The molecule has 0 saturated carbocycles. The van der Waals surface area contributed by atoms with Crippen LogP contribution in [0.3, 0.4) is 0 Å². The number of ether oxygens (including phenoxy) is 1. The Morgan fingerprint density at radius 3 is 3.00 bits per heavy atom. The third kappa shape index (κ3) is 5.42. The van der Waals surface area contributed by atoms with Crippen molar-refractivity contribution in [3.63, 3.8) is 0 Å². The summed E-state index contributed by atoms with van der Waals surface area (Å²) in [5, 5.41) is 3.11. The van der Waals surface area contributed by atoms with Gasteiger partial charge in [0.05, 0.1) is 5.69 Å². The lowest BCUT2D eigenvalue weighted by Crippen LogP contribution is -2.41. The summed E-state index contributed by atoms with van der Waals surface area (Å²) in [6, 6.07) is 2.16. The Morgan fingerprint density at radius 1 is 1.55 bits per heavy atom. The van der Waals surface area contributed by atoms with Crippen molar-refractivity contribution in [3.8, 4) is 0 Å². The van der Waals surface area contributed by atoms with Crippen molar-refractivity contribution in [1.29, 1.82) is 0 Å². The molecule has 22 heavy (non-hydrogen) atoms. The van der Waals surface area contributed by atoms with Gasteiger partial charge in [0, 0.05) is 25.3 Å². The van der Waals surface area contributed by atoms with Crippen molar-refractivity contribution in [2.45, 2.75) is 51.8 Å². The smallest absolute Gasteiger partial charge is 0.407 e. The first-order valence-electron chi connectivity index (χ1n) is 7.52.